The van der Waals surface area contributed by atoms with Crippen molar-refractivity contribution in [2.45, 2.75) is 77.9 Å². The van der Waals surface area contributed by atoms with Crippen molar-refractivity contribution in [3.8, 4) is 0 Å². The van der Waals surface area contributed by atoms with E-state index in [0.717, 1.165) is 25.9 Å². The molecule has 1 saturated heterocycles. The number of benzene rings is 1. The summed E-state index contributed by atoms with van der Waals surface area (Å²) in [5, 5.41) is 24.3. The van der Waals surface area contributed by atoms with Crippen LogP contribution in [0.4, 0.5) is 10.5 Å². The van der Waals surface area contributed by atoms with Gasteiger partial charge in [0.15, 0.2) is 0 Å². The molecule has 3 fully saturated rings. The Labute approximate surface area is 224 Å². The number of nitrogens with one attached hydrogen (secondary N) is 1. The summed E-state index contributed by atoms with van der Waals surface area (Å²) in [4.78, 5) is 39.9. The molecule has 4 unspecified atom stereocenters. The van der Waals surface area contributed by atoms with Gasteiger partial charge in [-0.3, -0.25) is 10.1 Å². The van der Waals surface area contributed by atoms with Crippen LogP contribution in [-0.2, 0) is 14.3 Å². The third-order valence-electron chi connectivity index (χ3n) is 9.40. The molecule has 38 heavy (non-hydrogen) atoms. The fourth-order valence-electron chi connectivity index (χ4n) is 7.28. The number of likely N-dealkylation sites (tertiary alicyclic amines) is 1. The van der Waals surface area contributed by atoms with E-state index >= 15 is 0 Å². The molecule has 0 spiro atoms. The number of anilines is 1. The summed E-state index contributed by atoms with van der Waals surface area (Å²) >= 11 is 0. The molecule has 9 heteroatoms. The quantitative estimate of drug-likeness (QED) is 0.455. The molecule has 0 aromatic heterocycles. The van der Waals surface area contributed by atoms with Gasteiger partial charge in [0.1, 0.15) is 6.10 Å². The largest absolute Gasteiger partial charge is 0.462 e. The smallest absolute Gasteiger partial charge is 0.411 e. The van der Waals surface area contributed by atoms with Gasteiger partial charge in [-0.2, -0.15) is 0 Å². The second kappa shape index (κ2) is 11.6. The van der Waals surface area contributed by atoms with Crippen LogP contribution >= 0.6 is 0 Å². The van der Waals surface area contributed by atoms with Crippen LogP contribution in [-0.4, -0.2) is 71.6 Å². The predicted octanol–water partition coefficient (Wildman–Crippen LogP) is 3.98. The minimum atomic E-state index is -0.730. The molecule has 210 valence electrons. The summed E-state index contributed by atoms with van der Waals surface area (Å²) in [6.07, 6.45) is 3.02. The van der Waals surface area contributed by atoms with E-state index in [1.807, 2.05) is 11.8 Å². The van der Waals surface area contributed by atoms with Gasteiger partial charge in [0, 0.05) is 30.6 Å². The number of rotatable bonds is 7. The summed E-state index contributed by atoms with van der Waals surface area (Å²) in [6.45, 7) is 7.45. The Balaban J connectivity index is 1.47. The van der Waals surface area contributed by atoms with E-state index in [4.69, 9.17) is 9.47 Å². The first kappa shape index (κ1) is 28.4. The van der Waals surface area contributed by atoms with E-state index in [1.54, 1.807) is 25.1 Å². The zero-order valence-electron chi connectivity index (χ0n) is 22.8. The maximum absolute atomic E-state index is 13.1. The Bertz CT molecular complexity index is 1030. The number of hydrogen-bond acceptors (Lipinski definition) is 7. The van der Waals surface area contributed by atoms with Gasteiger partial charge in [0.05, 0.1) is 24.9 Å². The zero-order chi connectivity index (χ0) is 27.5. The highest BCUT2D eigenvalue weighted by atomic mass is 16.6. The predicted molar refractivity (Wildman–Crippen MR) is 141 cm³/mol. The first-order chi connectivity index (χ1) is 18.1. The number of carbonyl (C=O) groups is 3. The molecule has 6 atom stereocenters. The van der Waals surface area contributed by atoms with Gasteiger partial charge in [0.25, 0.3) is 0 Å². The normalized spacial score (nSPS) is 32.8. The molecule has 1 aromatic carbocycles. The second-order valence-electron chi connectivity index (χ2n) is 11.6. The number of aliphatic hydroxyl groups excluding tert-OH is 2. The topological polar surface area (TPSA) is 125 Å². The van der Waals surface area contributed by atoms with Crippen LogP contribution in [0.1, 0.15) is 76.1 Å². The van der Waals surface area contributed by atoms with Crippen molar-refractivity contribution in [1.29, 1.82) is 0 Å². The second-order valence-corrected chi connectivity index (χ2v) is 11.6. The Kier molecular flexibility index (Phi) is 8.67. The zero-order valence-corrected chi connectivity index (χ0v) is 22.8. The van der Waals surface area contributed by atoms with Crippen LogP contribution in [0.15, 0.2) is 24.3 Å². The average Bonchev–Trinajstić information content (AvgIpc) is 3.44. The number of carbonyl (C=O) groups excluding carboxylic acids is 3. The first-order valence-corrected chi connectivity index (χ1v) is 13.9. The molecule has 2 amide bonds. The highest BCUT2D eigenvalue weighted by Crippen LogP contribution is 2.61. The summed E-state index contributed by atoms with van der Waals surface area (Å²) in [6, 6.07) is 6.47. The van der Waals surface area contributed by atoms with Gasteiger partial charge in [-0.1, -0.05) is 19.9 Å². The number of esters is 1. The average molecular weight is 531 g/mol. The molecule has 1 aromatic rings. The Morgan fingerprint density at radius 2 is 1.87 bits per heavy atom. The Morgan fingerprint density at radius 1 is 1.13 bits per heavy atom. The van der Waals surface area contributed by atoms with E-state index in [9.17, 15) is 24.6 Å². The number of fused-ring (bicyclic) bond motifs is 1. The minimum Gasteiger partial charge on any atom is -0.462 e. The monoisotopic (exact) mass is 530 g/mol. The molecule has 0 radical (unpaired) electrons. The molecular formula is C29H42N2O7. The van der Waals surface area contributed by atoms with E-state index in [2.05, 4.69) is 12.2 Å². The van der Waals surface area contributed by atoms with Gasteiger partial charge in [0.2, 0.25) is 5.91 Å². The molecule has 1 aliphatic heterocycles. The third-order valence-corrected chi connectivity index (χ3v) is 9.40. The van der Waals surface area contributed by atoms with Crippen molar-refractivity contribution < 1.29 is 34.1 Å². The molecule has 2 saturated carbocycles. The third kappa shape index (κ3) is 5.54. The summed E-state index contributed by atoms with van der Waals surface area (Å²) in [5.74, 6) is -0.609. The molecule has 1 heterocycles. The molecule has 9 nitrogen and oxygen atoms in total. The van der Waals surface area contributed by atoms with Gasteiger partial charge in [-0.25, -0.2) is 9.59 Å². The van der Waals surface area contributed by atoms with Crippen LogP contribution < -0.4 is 5.32 Å². The highest BCUT2D eigenvalue weighted by molar-refractivity contribution is 5.92. The lowest BCUT2D eigenvalue weighted by atomic mass is 9.46. The highest BCUT2D eigenvalue weighted by Gasteiger charge is 2.60. The van der Waals surface area contributed by atoms with Crippen LogP contribution in [0, 0.1) is 22.7 Å². The summed E-state index contributed by atoms with van der Waals surface area (Å²) < 4.78 is 10.9. The summed E-state index contributed by atoms with van der Waals surface area (Å²) in [7, 11) is 0. The lowest BCUT2D eigenvalue weighted by molar-refractivity contribution is -0.186. The Morgan fingerprint density at radius 3 is 2.55 bits per heavy atom. The number of aliphatic hydroxyl groups is 2. The van der Waals surface area contributed by atoms with Crippen LogP contribution in [0.2, 0.25) is 0 Å². The standard InChI is InChI=1S/C29H42N2O7/c1-4-37-26(35)19-8-7-9-20(16-19)30-27(36)38-24-12-13-28(2)21(17-25(34)31-14-5-6-15-31)22(33)10-11-23(28)29(24,3)18-32/h7-9,16,21-24,32-33H,4-6,10-15,17-18H2,1-3H3,(H,30,36)/t21?,22?,23?,24?,28-,29-/m0/s1. The number of amides is 2. The fourth-order valence-corrected chi connectivity index (χ4v) is 7.28. The number of ether oxygens (including phenoxy) is 2. The first-order valence-electron chi connectivity index (χ1n) is 13.9. The van der Waals surface area contributed by atoms with Gasteiger partial charge in [-0.15, -0.1) is 0 Å². The minimum absolute atomic E-state index is 0.0292. The Hall–Kier alpha value is -2.65. The van der Waals surface area contributed by atoms with E-state index in [-0.39, 0.29) is 36.4 Å². The molecule has 3 N–H and O–H groups in total. The van der Waals surface area contributed by atoms with Crippen LogP contribution in [0.25, 0.3) is 0 Å². The molecule has 2 aliphatic carbocycles. The molecule has 4 rings (SSSR count). The van der Waals surface area contributed by atoms with Gasteiger partial charge >= 0.3 is 12.1 Å². The lowest BCUT2D eigenvalue weighted by Gasteiger charge is -2.60. The van der Waals surface area contributed by atoms with E-state index in [0.29, 0.717) is 43.4 Å². The maximum atomic E-state index is 13.1. The fraction of sp³-hybridized carbons (Fsp3) is 0.690. The van der Waals surface area contributed by atoms with Crippen molar-refractivity contribution in [2.75, 3.05) is 31.6 Å². The SMILES string of the molecule is CCOC(=O)c1cccc(NC(=O)OC2CC[C@@]3(C)C(CC(=O)N4CCCC4)C(O)CCC3[C@]2(C)CO)c1. The van der Waals surface area contributed by atoms with Crippen molar-refractivity contribution in [1.82, 2.24) is 4.90 Å². The van der Waals surface area contributed by atoms with Gasteiger partial charge in [-0.05, 0) is 80.9 Å². The van der Waals surface area contributed by atoms with Crippen molar-refractivity contribution in [3.63, 3.8) is 0 Å². The van der Waals surface area contributed by atoms with Crippen LogP contribution in [0.5, 0.6) is 0 Å². The maximum Gasteiger partial charge on any atom is 0.411 e. The summed E-state index contributed by atoms with van der Waals surface area (Å²) in [5.41, 5.74) is -0.358. The number of nitrogens with zero attached hydrogens (tertiary/aromatic N) is 1. The van der Waals surface area contributed by atoms with E-state index in [1.165, 1.54) is 6.07 Å². The van der Waals surface area contributed by atoms with E-state index < -0.39 is 29.7 Å². The number of hydrogen-bond donors (Lipinski definition) is 3. The molecule has 3 aliphatic rings. The molecule has 0 bridgehead atoms. The van der Waals surface area contributed by atoms with Crippen molar-refractivity contribution in [2.24, 2.45) is 22.7 Å². The van der Waals surface area contributed by atoms with Crippen LogP contribution in [0.3, 0.4) is 0 Å². The van der Waals surface area contributed by atoms with Gasteiger partial charge < -0.3 is 24.6 Å². The van der Waals surface area contributed by atoms with Crippen molar-refractivity contribution in [3.05, 3.63) is 29.8 Å². The molecular weight excluding hydrogens is 488 g/mol. The van der Waals surface area contributed by atoms with Crippen molar-refractivity contribution >= 4 is 23.7 Å². The lowest BCUT2D eigenvalue weighted by Crippen LogP contribution is -2.61.